The van der Waals surface area contributed by atoms with E-state index in [4.69, 9.17) is 6.42 Å². The average molecular weight is 261 g/mol. The van der Waals surface area contributed by atoms with Crippen molar-refractivity contribution in [3.63, 3.8) is 0 Å². The minimum absolute atomic E-state index is 0.180. The third-order valence-corrected chi connectivity index (χ3v) is 4.23. The molecule has 1 heterocycles. The average Bonchev–Trinajstić information content (AvgIpc) is 2.77. The highest BCUT2D eigenvalue weighted by Gasteiger charge is 2.12. The number of hydrogen-bond donors (Lipinski definition) is 1. The van der Waals surface area contributed by atoms with Gasteiger partial charge >= 0.3 is 0 Å². The van der Waals surface area contributed by atoms with Gasteiger partial charge in [0.2, 0.25) is 0 Å². The highest BCUT2D eigenvalue weighted by atomic mass is 32.1. The molecule has 1 unspecified atom stereocenters. The van der Waals surface area contributed by atoms with Crippen molar-refractivity contribution in [1.29, 1.82) is 0 Å². The lowest BCUT2D eigenvalue weighted by Gasteiger charge is -2.13. The van der Waals surface area contributed by atoms with Crippen LogP contribution in [0, 0.1) is 18.2 Å². The number of benzene rings is 1. The van der Waals surface area contributed by atoms with Gasteiger partial charge in [-0.1, -0.05) is 0 Å². The van der Waals surface area contributed by atoms with Crippen LogP contribution in [0.15, 0.2) is 24.3 Å². The summed E-state index contributed by atoms with van der Waals surface area (Å²) in [7, 11) is 1.95. The van der Waals surface area contributed by atoms with Crippen molar-refractivity contribution in [3.05, 3.63) is 35.0 Å². The molecule has 0 aliphatic rings. The molecule has 1 aromatic heterocycles. The summed E-state index contributed by atoms with van der Waals surface area (Å²) in [6, 6.07) is 7.31. The molecule has 94 valence electrons. The van der Waals surface area contributed by atoms with E-state index in [0.29, 0.717) is 6.04 Å². The third kappa shape index (κ3) is 2.90. The minimum Gasteiger partial charge on any atom is -0.312 e. The van der Waals surface area contributed by atoms with Crippen molar-refractivity contribution in [2.75, 3.05) is 7.05 Å². The van der Waals surface area contributed by atoms with Gasteiger partial charge in [-0.15, -0.1) is 23.7 Å². The first-order valence-electron chi connectivity index (χ1n) is 6.04. The zero-order valence-electron chi connectivity index (χ0n) is 10.4. The van der Waals surface area contributed by atoms with E-state index in [1.54, 1.807) is 17.4 Å². The van der Waals surface area contributed by atoms with Gasteiger partial charge in [-0.05, 0) is 49.5 Å². The molecule has 0 amide bonds. The zero-order chi connectivity index (χ0) is 13.0. The summed E-state index contributed by atoms with van der Waals surface area (Å²) < 4.78 is 14.3. The van der Waals surface area contributed by atoms with Crippen LogP contribution in [0.3, 0.4) is 0 Å². The molecule has 18 heavy (non-hydrogen) atoms. The number of nitrogens with one attached hydrogen (secondary N) is 1. The van der Waals surface area contributed by atoms with Gasteiger partial charge in [0.05, 0.1) is 0 Å². The summed E-state index contributed by atoms with van der Waals surface area (Å²) in [5.41, 5.74) is 0. The molecule has 1 nitrogen and oxygen atoms in total. The van der Waals surface area contributed by atoms with E-state index in [1.807, 2.05) is 13.1 Å². The molecule has 3 heteroatoms. The molecular weight excluding hydrogens is 245 g/mol. The van der Waals surface area contributed by atoms with Gasteiger partial charge < -0.3 is 5.32 Å². The van der Waals surface area contributed by atoms with Crippen LogP contribution in [0.1, 0.15) is 30.2 Å². The summed E-state index contributed by atoms with van der Waals surface area (Å²) in [5.74, 6) is 2.48. The molecule has 1 aromatic carbocycles. The molecule has 2 aromatic rings. The maximum Gasteiger partial charge on any atom is 0.123 e. The largest absolute Gasteiger partial charge is 0.312 e. The van der Waals surface area contributed by atoms with E-state index < -0.39 is 0 Å². The maximum absolute atomic E-state index is 13.1. The number of hydrogen-bond acceptors (Lipinski definition) is 2. The van der Waals surface area contributed by atoms with Gasteiger partial charge in [0.1, 0.15) is 5.82 Å². The first kappa shape index (κ1) is 13.1. The fourth-order valence-electron chi connectivity index (χ4n) is 2.04. The van der Waals surface area contributed by atoms with Gasteiger partial charge in [0, 0.05) is 22.0 Å². The second-order valence-electron chi connectivity index (χ2n) is 4.27. The SMILES string of the molecule is C#CCCCC(NC)c1cc2cc(F)ccc2s1. The Labute approximate surface area is 111 Å². The summed E-state index contributed by atoms with van der Waals surface area (Å²) in [4.78, 5) is 1.25. The van der Waals surface area contributed by atoms with Crippen molar-refractivity contribution >= 4 is 21.4 Å². The smallest absolute Gasteiger partial charge is 0.123 e. The molecule has 1 N–H and O–H groups in total. The fourth-order valence-corrected chi connectivity index (χ4v) is 3.23. The van der Waals surface area contributed by atoms with Crippen LogP contribution < -0.4 is 5.32 Å². The molecule has 0 fully saturated rings. The molecule has 0 saturated carbocycles. The van der Waals surface area contributed by atoms with Crippen LogP contribution in [0.25, 0.3) is 10.1 Å². The Balaban J connectivity index is 2.20. The van der Waals surface area contributed by atoms with Crippen LogP contribution in [-0.2, 0) is 0 Å². The molecule has 0 bridgehead atoms. The van der Waals surface area contributed by atoms with Crippen molar-refractivity contribution in [1.82, 2.24) is 5.32 Å². The van der Waals surface area contributed by atoms with Crippen LogP contribution >= 0.6 is 11.3 Å². The summed E-state index contributed by atoms with van der Waals surface area (Å²) >= 11 is 1.72. The Bertz CT molecular complexity index is 567. The lowest BCUT2D eigenvalue weighted by atomic mass is 10.1. The molecule has 0 aliphatic carbocycles. The molecule has 1 atom stereocenters. The minimum atomic E-state index is -0.180. The van der Waals surface area contributed by atoms with Gasteiger partial charge in [-0.25, -0.2) is 4.39 Å². The monoisotopic (exact) mass is 261 g/mol. The second kappa shape index (κ2) is 5.99. The fraction of sp³-hybridized carbons (Fsp3) is 0.333. The normalized spacial score (nSPS) is 12.5. The van der Waals surface area contributed by atoms with E-state index in [-0.39, 0.29) is 5.82 Å². The van der Waals surface area contributed by atoms with E-state index in [2.05, 4.69) is 17.3 Å². The van der Waals surface area contributed by atoms with E-state index in [0.717, 1.165) is 29.3 Å². The van der Waals surface area contributed by atoms with Gasteiger partial charge in [0.15, 0.2) is 0 Å². The highest BCUT2D eigenvalue weighted by molar-refractivity contribution is 7.19. The standard InChI is InChI=1S/C15H16FNS/c1-3-4-5-6-13(17-2)15-10-11-9-12(16)7-8-14(11)18-15/h1,7-10,13,17H,4-6H2,2H3. The van der Waals surface area contributed by atoms with E-state index in [1.165, 1.54) is 10.9 Å². The molecule has 0 aliphatic heterocycles. The first-order valence-corrected chi connectivity index (χ1v) is 6.86. The Morgan fingerprint density at radius 1 is 1.44 bits per heavy atom. The lowest BCUT2D eigenvalue weighted by Crippen LogP contribution is -2.14. The predicted molar refractivity (Wildman–Crippen MR) is 76.3 cm³/mol. The number of terminal acetylenes is 1. The van der Waals surface area contributed by atoms with E-state index in [9.17, 15) is 4.39 Å². The van der Waals surface area contributed by atoms with Crippen LogP contribution in [0.4, 0.5) is 4.39 Å². The molecular formula is C15H16FNS. The number of unbranched alkanes of at least 4 members (excludes halogenated alkanes) is 1. The number of fused-ring (bicyclic) bond motifs is 1. The Kier molecular flexibility index (Phi) is 4.35. The van der Waals surface area contributed by atoms with Crippen LogP contribution in [0.5, 0.6) is 0 Å². The number of halogens is 1. The van der Waals surface area contributed by atoms with Gasteiger partial charge in [-0.3, -0.25) is 0 Å². The van der Waals surface area contributed by atoms with Crippen molar-refractivity contribution in [2.24, 2.45) is 0 Å². The Hall–Kier alpha value is -1.37. The van der Waals surface area contributed by atoms with Crippen molar-refractivity contribution in [2.45, 2.75) is 25.3 Å². The van der Waals surface area contributed by atoms with Crippen LogP contribution in [-0.4, -0.2) is 7.05 Å². The van der Waals surface area contributed by atoms with Gasteiger partial charge in [-0.2, -0.15) is 0 Å². The van der Waals surface area contributed by atoms with Crippen molar-refractivity contribution < 1.29 is 4.39 Å². The molecule has 0 radical (unpaired) electrons. The lowest BCUT2D eigenvalue weighted by molar-refractivity contribution is 0.540. The predicted octanol–water partition coefficient (Wildman–Crippen LogP) is 4.10. The summed E-state index contributed by atoms with van der Waals surface area (Å²) in [6.07, 6.45) is 8.08. The van der Waals surface area contributed by atoms with Crippen molar-refractivity contribution in [3.8, 4) is 12.3 Å². The summed E-state index contributed by atoms with van der Waals surface area (Å²) in [5, 5.41) is 4.28. The Morgan fingerprint density at radius 2 is 2.28 bits per heavy atom. The molecule has 2 rings (SSSR count). The quantitative estimate of drug-likeness (QED) is 0.631. The molecule has 0 saturated heterocycles. The van der Waals surface area contributed by atoms with Crippen LogP contribution in [0.2, 0.25) is 0 Å². The highest BCUT2D eigenvalue weighted by Crippen LogP contribution is 2.32. The summed E-state index contributed by atoms with van der Waals surface area (Å²) in [6.45, 7) is 0. The first-order chi connectivity index (χ1) is 8.74. The van der Waals surface area contributed by atoms with E-state index >= 15 is 0 Å². The number of rotatable bonds is 5. The molecule has 0 spiro atoms. The second-order valence-corrected chi connectivity index (χ2v) is 5.38. The van der Waals surface area contributed by atoms with Gasteiger partial charge in [0.25, 0.3) is 0 Å². The third-order valence-electron chi connectivity index (χ3n) is 3.00. The Morgan fingerprint density at radius 3 is 3.00 bits per heavy atom. The number of thiophene rings is 1. The zero-order valence-corrected chi connectivity index (χ0v) is 11.2. The maximum atomic E-state index is 13.1. The topological polar surface area (TPSA) is 12.0 Å².